The van der Waals surface area contributed by atoms with Gasteiger partial charge in [-0.25, -0.2) is 9.45 Å². The van der Waals surface area contributed by atoms with Gasteiger partial charge in [-0.15, -0.1) is 17.1 Å². The van der Waals surface area contributed by atoms with Crippen molar-refractivity contribution in [1.82, 2.24) is 4.90 Å². The number of nitrogens with zero attached hydrogens (tertiary/aromatic N) is 1. The smallest absolute Gasteiger partial charge is 0.493 e. The first-order valence-corrected chi connectivity index (χ1v) is 10.5. The number of likely N-dealkylation sites (tertiary alicyclic amines) is 1. The maximum Gasteiger partial charge on any atom is 0.503 e. The number of hydrogen-bond donors (Lipinski definition) is 0. The number of halogens is 1. The van der Waals surface area contributed by atoms with E-state index in [1.54, 1.807) is 7.11 Å². The molecule has 0 aromatic heterocycles. The fourth-order valence-electron chi connectivity index (χ4n) is 5.20. The Labute approximate surface area is 168 Å². The van der Waals surface area contributed by atoms with Gasteiger partial charge in [0.25, 0.3) is 0 Å². The van der Waals surface area contributed by atoms with Gasteiger partial charge in [0.15, 0.2) is 29.3 Å². The Hall–Kier alpha value is -1.12. The van der Waals surface area contributed by atoms with Crippen molar-refractivity contribution in [3.8, 4) is 11.5 Å². The third-order valence-corrected chi connectivity index (χ3v) is 7.73. The van der Waals surface area contributed by atoms with Crippen molar-refractivity contribution in [1.29, 1.82) is 0 Å². The van der Waals surface area contributed by atoms with Crippen LogP contribution in [0.2, 0.25) is 0 Å². The molecule has 28 heavy (non-hydrogen) atoms. The number of rotatable bonds is 1. The number of phosphoric acid groups is 1. The molecule has 4 aliphatic heterocycles. The van der Waals surface area contributed by atoms with E-state index in [9.17, 15) is 4.57 Å². The minimum absolute atomic E-state index is 0. The van der Waals surface area contributed by atoms with Crippen LogP contribution in [0.4, 0.5) is 0 Å². The molecule has 152 valence electrons. The Morgan fingerprint density at radius 1 is 1.32 bits per heavy atom. The first kappa shape index (κ1) is 18.9. The number of benzene rings is 1. The van der Waals surface area contributed by atoms with Crippen molar-refractivity contribution in [3.63, 3.8) is 0 Å². The molecule has 1 aromatic rings. The van der Waals surface area contributed by atoms with Gasteiger partial charge in [0.1, 0.15) is 6.10 Å². The van der Waals surface area contributed by atoms with E-state index in [1.807, 2.05) is 18.2 Å². The van der Waals surface area contributed by atoms with Gasteiger partial charge in [0.2, 0.25) is 0 Å². The molecule has 2 unspecified atom stereocenters. The number of fused-ring (bicyclic) bond motifs is 3. The Bertz CT molecular complexity index is 897. The van der Waals surface area contributed by atoms with E-state index in [1.165, 1.54) is 0 Å². The molecule has 0 amide bonds. The number of hydrogen-bond acceptors (Lipinski definition) is 8. The van der Waals surface area contributed by atoms with Crippen LogP contribution in [0.3, 0.4) is 0 Å². The molecule has 0 radical (unpaired) electrons. The Morgan fingerprint density at radius 2 is 2.18 bits per heavy atom. The van der Waals surface area contributed by atoms with Gasteiger partial charge in [0.05, 0.1) is 7.11 Å². The quantitative estimate of drug-likeness (QED) is 0.383. The van der Waals surface area contributed by atoms with Gasteiger partial charge in [-0.1, -0.05) is 18.2 Å². The van der Waals surface area contributed by atoms with Crippen LogP contribution in [-0.2, 0) is 29.6 Å². The fourth-order valence-corrected chi connectivity index (χ4v) is 6.79. The lowest BCUT2D eigenvalue weighted by atomic mass is 9.66. The standard InChI is InChI=1S/C18H20NO7P.ClH/c1-19-9-16-18-11-4-6-14(23-26-27(20,24-16)25-18)17(18)22-15-8-10(7-12(11)19)3-5-13(15)21-2;/h3-6,8,11-12,14,16-17H,7,9H2,1-2H3;1H/t11-,12-,14+,16?,17-,18-,27?;/m1./s1. The predicted octanol–water partition coefficient (Wildman–Crippen LogP) is 2.51. The molecular weight excluding hydrogens is 409 g/mol. The zero-order valence-corrected chi connectivity index (χ0v) is 17.1. The summed E-state index contributed by atoms with van der Waals surface area (Å²) in [6.07, 6.45) is 3.22. The molecular formula is C18H21ClNO7P. The summed E-state index contributed by atoms with van der Waals surface area (Å²) >= 11 is 0. The predicted molar refractivity (Wildman–Crippen MR) is 99.7 cm³/mol. The number of phosphoric ester groups is 1. The van der Waals surface area contributed by atoms with Gasteiger partial charge < -0.3 is 9.47 Å². The Kier molecular flexibility index (Phi) is 4.17. The van der Waals surface area contributed by atoms with Gasteiger partial charge in [-0.05, 0) is 31.2 Å². The first-order valence-electron chi connectivity index (χ1n) is 9.09. The molecule has 1 aromatic carbocycles. The van der Waals surface area contributed by atoms with E-state index in [2.05, 4.69) is 24.1 Å². The highest BCUT2D eigenvalue weighted by atomic mass is 35.5. The van der Waals surface area contributed by atoms with E-state index in [4.69, 9.17) is 28.1 Å². The fraction of sp³-hybridized carbons (Fsp3) is 0.556. The highest BCUT2D eigenvalue weighted by molar-refractivity contribution is 7.48. The average molecular weight is 430 g/mol. The highest BCUT2D eigenvalue weighted by Crippen LogP contribution is 2.69. The minimum Gasteiger partial charge on any atom is -0.493 e. The second-order valence-electron chi connectivity index (χ2n) is 7.77. The maximum atomic E-state index is 13.0. The minimum atomic E-state index is -3.82. The van der Waals surface area contributed by atoms with Crippen LogP contribution in [0.5, 0.6) is 11.5 Å². The Morgan fingerprint density at radius 3 is 3.00 bits per heavy atom. The van der Waals surface area contributed by atoms with Crippen LogP contribution in [0.25, 0.3) is 0 Å². The Balaban J connectivity index is 0.00000171. The topological polar surface area (TPSA) is 75.7 Å². The third kappa shape index (κ3) is 2.34. The second-order valence-corrected chi connectivity index (χ2v) is 9.20. The zero-order valence-electron chi connectivity index (χ0n) is 15.3. The molecule has 5 aliphatic rings. The maximum absolute atomic E-state index is 13.0. The number of ether oxygens (including phenoxy) is 2. The molecule has 1 aliphatic carbocycles. The molecule has 4 heterocycles. The normalized spacial score (nSPS) is 45.1. The van der Waals surface area contributed by atoms with Crippen LogP contribution in [0, 0.1) is 5.92 Å². The summed E-state index contributed by atoms with van der Waals surface area (Å²) < 4.78 is 42.0. The molecule has 8 bridgehead atoms. The summed E-state index contributed by atoms with van der Waals surface area (Å²) in [7, 11) is -0.150. The van der Waals surface area contributed by atoms with Crippen molar-refractivity contribution in [3.05, 3.63) is 35.9 Å². The lowest BCUT2D eigenvalue weighted by Crippen LogP contribution is -2.72. The number of methoxy groups -OCH3 is 1. The summed E-state index contributed by atoms with van der Waals surface area (Å²) in [6.45, 7) is 0.572. The number of likely N-dealkylation sites (N-methyl/N-ethyl adjacent to an activating group) is 1. The van der Waals surface area contributed by atoms with E-state index >= 15 is 0 Å². The molecule has 1 spiro atoms. The summed E-state index contributed by atoms with van der Waals surface area (Å²) in [5.74, 6) is 1.16. The van der Waals surface area contributed by atoms with Crippen LogP contribution in [-0.4, -0.2) is 55.6 Å². The van der Waals surface area contributed by atoms with E-state index in [-0.39, 0.29) is 24.4 Å². The number of piperidine rings is 1. The van der Waals surface area contributed by atoms with E-state index < -0.39 is 31.7 Å². The molecule has 0 N–H and O–H groups in total. The van der Waals surface area contributed by atoms with Gasteiger partial charge >= 0.3 is 7.82 Å². The van der Waals surface area contributed by atoms with Crippen LogP contribution in [0.1, 0.15) is 5.56 Å². The van der Waals surface area contributed by atoms with Crippen molar-refractivity contribution >= 4 is 20.2 Å². The van der Waals surface area contributed by atoms with Crippen LogP contribution >= 0.6 is 20.2 Å². The average Bonchev–Trinajstić information content (AvgIpc) is 2.90. The van der Waals surface area contributed by atoms with Crippen molar-refractivity contribution in [2.45, 2.75) is 36.4 Å². The SMILES string of the molecule is COc1ccc2cc1O[C@@H]1[C@@H]3C=C[C@@H]4[C@@H](C2)N(C)CC2OP(=O)(OO3)O[C@@]241.Cl. The van der Waals surface area contributed by atoms with Crippen molar-refractivity contribution in [2.75, 3.05) is 20.7 Å². The third-order valence-electron chi connectivity index (χ3n) is 6.41. The second kappa shape index (κ2) is 6.19. The molecule has 10 heteroatoms. The van der Waals surface area contributed by atoms with E-state index in [0.29, 0.717) is 18.0 Å². The first-order chi connectivity index (χ1) is 13.0. The van der Waals surface area contributed by atoms with E-state index in [0.717, 1.165) is 12.0 Å². The van der Waals surface area contributed by atoms with Gasteiger partial charge in [-0.3, -0.25) is 13.9 Å². The summed E-state index contributed by atoms with van der Waals surface area (Å²) in [5, 5.41) is 0. The molecule has 3 saturated heterocycles. The van der Waals surface area contributed by atoms with Crippen LogP contribution < -0.4 is 9.47 Å². The molecule has 7 atom stereocenters. The summed E-state index contributed by atoms with van der Waals surface area (Å²) in [5.41, 5.74) is 0.199. The van der Waals surface area contributed by atoms with Crippen molar-refractivity contribution < 1.29 is 32.6 Å². The van der Waals surface area contributed by atoms with Gasteiger partial charge in [0, 0.05) is 18.5 Å². The molecule has 6 rings (SSSR count). The molecule has 0 saturated carbocycles. The monoisotopic (exact) mass is 429 g/mol. The lowest BCUT2D eigenvalue weighted by Gasteiger charge is -2.54. The zero-order chi connectivity index (χ0) is 18.4. The molecule has 3 fully saturated rings. The summed E-state index contributed by atoms with van der Waals surface area (Å²) in [4.78, 5) is 7.67. The molecule has 8 nitrogen and oxygen atoms in total. The largest absolute Gasteiger partial charge is 0.503 e. The van der Waals surface area contributed by atoms with Gasteiger partial charge in [-0.2, -0.15) is 0 Å². The lowest BCUT2D eigenvalue weighted by molar-refractivity contribution is -0.272. The van der Waals surface area contributed by atoms with Crippen molar-refractivity contribution in [2.24, 2.45) is 5.92 Å². The highest BCUT2D eigenvalue weighted by Gasteiger charge is 2.73. The summed E-state index contributed by atoms with van der Waals surface area (Å²) in [6, 6.07) is 6.10. The van der Waals surface area contributed by atoms with Crippen LogP contribution in [0.15, 0.2) is 30.4 Å².